The van der Waals surface area contributed by atoms with Crippen molar-refractivity contribution in [2.75, 3.05) is 31.1 Å². The number of ether oxygens (including phenoxy) is 1. The minimum atomic E-state index is -3.64. The normalized spacial score (nSPS) is 21.0. The van der Waals surface area contributed by atoms with E-state index < -0.39 is 10.0 Å². The van der Waals surface area contributed by atoms with E-state index in [1.807, 2.05) is 0 Å². The van der Waals surface area contributed by atoms with Gasteiger partial charge in [-0.2, -0.15) is 4.31 Å². The molecular formula is C20H27N3O5S. The summed E-state index contributed by atoms with van der Waals surface area (Å²) in [5.41, 5.74) is 0.334. The van der Waals surface area contributed by atoms with Gasteiger partial charge in [0.15, 0.2) is 6.61 Å². The van der Waals surface area contributed by atoms with E-state index in [-0.39, 0.29) is 35.9 Å². The molecule has 29 heavy (non-hydrogen) atoms. The van der Waals surface area contributed by atoms with Crippen molar-refractivity contribution in [1.82, 2.24) is 9.62 Å². The summed E-state index contributed by atoms with van der Waals surface area (Å²) in [4.78, 5) is 26.4. The Balaban J connectivity index is 1.57. The van der Waals surface area contributed by atoms with Crippen molar-refractivity contribution in [2.45, 2.75) is 55.9 Å². The van der Waals surface area contributed by atoms with E-state index in [1.165, 1.54) is 21.3 Å². The molecule has 0 spiro atoms. The summed E-state index contributed by atoms with van der Waals surface area (Å²) >= 11 is 0. The number of nitrogens with one attached hydrogen (secondary N) is 1. The number of hydrogen-bond acceptors (Lipinski definition) is 5. The highest BCUT2D eigenvalue weighted by Gasteiger charge is 2.32. The topological polar surface area (TPSA) is 96.0 Å². The second-order valence-corrected chi connectivity index (χ2v) is 9.85. The van der Waals surface area contributed by atoms with Gasteiger partial charge in [0, 0.05) is 19.1 Å². The Hall–Kier alpha value is -2.13. The predicted octanol–water partition coefficient (Wildman–Crippen LogP) is 1.65. The molecule has 3 aliphatic rings. The summed E-state index contributed by atoms with van der Waals surface area (Å²) in [5, 5.41) is 2.97. The minimum absolute atomic E-state index is 0.123. The smallest absolute Gasteiger partial charge is 0.265 e. The SMILES string of the molecule is O=C(CN1C(=O)COc2ccc(S(=O)(=O)N3CCCCC3)cc21)NC1CCCC1. The van der Waals surface area contributed by atoms with Gasteiger partial charge in [0.05, 0.1) is 10.6 Å². The molecule has 0 radical (unpaired) electrons. The van der Waals surface area contributed by atoms with Crippen molar-refractivity contribution in [3.63, 3.8) is 0 Å². The first-order chi connectivity index (χ1) is 13.9. The van der Waals surface area contributed by atoms with Crippen LogP contribution >= 0.6 is 0 Å². The molecule has 2 aliphatic heterocycles. The zero-order valence-corrected chi connectivity index (χ0v) is 17.2. The van der Waals surface area contributed by atoms with Crippen LogP contribution in [0.25, 0.3) is 0 Å². The molecule has 2 amide bonds. The summed E-state index contributed by atoms with van der Waals surface area (Å²) in [6.45, 7) is 0.700. The van der Waals surface area contributed by atoms with Gasteiger partial charge in [-0.15, -0.1) is 0 Å². The molecule has 1 aliphatic carbocycles. The molecular weight excluding hydrogens is 394 g/mol. The molecule has 0 bridgehead atoms. The van der Waals surface area contributed by atoms with Crippen LogP contribution in [0.4, 0.5) is 5.69 Å². The molecule has 0 unspecified atom stereocenters. The molecule has 0 atom stereocenters. The first kappa shape index (κ1) is 20.2. The van der Waals surface area contributed by atoms with Gasteiger partial charge in [0.25, 0.3) is 5.91 Å². The zero-order valence-electron chi connectivity index (χ0n) is 16.4. The van der Waals surface area contributed by atoms with Crippen LogP contribution in [0.5, 0.6) is 5.75 Å². The van der Waals surface area contributed by atoms with Crippen molar-refractivity contribution in [3.05, 3.63) is 18.2 Å². The fraction of sp³-hybridized carbons (Fsp3) is 0.600. The molecule has 1 saturated carbocycles. The molecule has 158 valence electrons. The average Bonchev–Trinajstić information content (AvgIpc) is 3.23. The zero-order chi connectivity index (χ0) is 20.4. The second kappa shape index (κ2) is 8.31. The van der Waals surface area contributed by atoms with Gasteiger partial charge < -0.3 is 10.1 Å². The average molecular weight is 422 g/mol. The highest BCUT2D eigenvalue weighted by atomic mass is 32.2. The van der Waals surface area contributed by atoms with E-state index in [0.717, 1.165) is 44.9 Å². The Morgan fingerprint density at radius 3 is 2.55 bits per heavy atom. The summed E-state index contributed by atoms with van der Waals surface area (Å²) in [6.07, 6.45) is 6.83. The van der Waals surface area contributed by atoms with E-state index in [4.69, 9.17) is 4.74 Å². The monoisotopic (exact) mass is 421 g/mol. The number of nitrogens with zero attached hydrogens (tertiary/aromatic N) is 2. The third-order valence-corrected chi connectivity index (χ3v) is 7.74. The van der Waals surface area contributed by atoms with Crippen LogP contribution < -0.4 is 15.0 Å². The lowest BCUT2D eigenvalue weighted by atomic mass is 10.2. The number of fused-ring (bicyclic) bond motifs is 1. The minimum Gasteiger partial charge on any atom is -0.482 e. The number of anilines is 1. The van der Waals surface area contributed by atoms with Crippen LogP contribution in [0.2, 0.25) is 0 Å². The summed E-state index contributed by atoms with van der Waals surface area (Å²) in [7, 11) is -3.64. The summed E-state index contributed by atoms with van der Waals surface area (Å²) in [6, 6.07) is 4.69. The third kappa shape index (κ3) is 4.25. The highest BCUT2D eigenvalue weighted by molar-refractivity contribution is 7.89. The van der Waals surface area contributed by atoms with Gasteiger partial charge in [-0.25, -0.2) is 8.42 Å². The summed E-state index contributed by atoms with van der Waals surface area (Å²) < 4.78 is 33.0. The fourth-order valence-electron chi connectivity index (χ4n) is 4.26. The molecule has 1 saturated heterocycles. The lowest BCUT2D eigenvalue weighted by molar-refractivity contribution is -0.125. The van der Waals surface area contributed by atoms with Crippen LogP contribution in [-0.2, 0) is 19.6 Å². The van der Waals surface area contributed by atoms with Gasteiger partial charge in [-0.3, -0.25) is 14.5 Å². The molecule has 1 aromatic rings. The molecule has 1 N–H and O–H groups in total. The van der Waals surface area contributed by atoms with E-state index in [1.54, 1.807) is 6.07 Å². The Kier molecular flexibility index (Phi) is 5.78. The first-order valence-electron chi connectivity index (χ1n) is 10.3. The number of hydrogen-bond donors (Lipinski definition) is 1. The van der Waals surface area contributed by atoms with Crippen LogP contribution in [0.15, 0.2) is 23.1 Å². The van der Waals surface area contributed by atoms with Gasteiger partial charge >= 0.3 is 0 Å². The number of sulfonamides is 1. The van der Waals surface area contributed by atoms with Crippen LogP contribution in [0, 0.1) is 0 Å². The number of amides is 2. The highest BCUT2D eigenvalue weighted by Crippen LogP contribution is 2.35. The maximum absolute atomic E-state index is 13.0. The van der Waals surface area contributed by atoms with E-state index >= 15 is 0 Å². The molecule has 4 rings (SSSR count). The fourth-order valence-corrected chi connectivity index (χ4v) is 5.79. The van der Waals surface area contributed by atoms with Crippen molar-refractivity contribution in [3.8, 4) is 5.75 Å². The Bertz CT molecular complexity index is 889. The number of carbonyl (C=O) groups excluding carboxylic acids is 2. The van der Waals surface area contributed by atoms with E-state index in [2.05, 4.69) is 5.32 Å². The molecule has 9 heteroatoms. The summed E-state index contributed by atoms with van der Waals surface area (Å²) in [5.74, 6) is -0.176. The van der Waals surface area contributed by atoms with Gasteiger partial charge in [0.2, 0.25) is 15.9 Å². The quantitative estimate of drug-likeness (QED) is 0.780. The molecule has 2 heterocycles. The Morgan fingerprint density at radius 1 is 1.10 bits per heavy atom. The molecule has 2 fully saturated rings. The van der Waals surface area contributed by atoms with Crippen LogP contribution in [0.3, 0.4) is 0 Å². The third-order valence-electron chi connectivity index (χ3n) is 5.85. The van der Waals surface area contributed by atoms with Crippen molar-refractivity contribution >= 4 is 27.5 Å². The van der Waals surface area contributed by atoms with Crippen LogP contribution in [-0.4, -0.2) is 56.8 Å². The molecule has 0 aromatic heterocycles. The van der Waals surface area contributed by atoms with Gasteiger partial charge in [-0.1, -0.05) is 19.3 Å². The second-order valence-electron chi connectivity index (χ2n) is 7.91. The standard InChI is InChI=1S/C20H27N3O5S/c24-19(21-15-6-2-3-7-15)13-23-17-12-16(8-9-18(17)28-14-20(23)25)29(26,27)22-10-4-1-5-11-22/h8-9,12,15H,1-7,10-11,13-14H2,(H,21,24). The maximum Gasteiger partial charge on any atom is 0.265 e. The molecule has 8 nitrogen and oxygen atoms in total. The van der Waals surface area contributed by atoms with Crippen molar-refractivity contribution in [1.29, 1.82) is 0 Å². The largest absolute Gasteiger partial charge is 0.482 e. The lowest BCUT2D eigenvalue weighted by Gasteiger charge is -2.31. The van der Waals surface area contributed by atoms with E-state index in [0.29, 0.717) is 24.5 Å². The van der Waals surface area contributed by atoms with Crippen molar-refractivity contribution in [2.24, 2.45) is 0 Å². The van der Waals surface area contributed by atoms with E-state index in [9.17, 15) is 18.0 Å². The number of benzene rings is 1. The molecule has 1 aromatic carbocycles. The Labute approximate surface area is 171 Å². The van der Waals surface area contributed by atoms with Crippen LogP contribution in [0.1, 0.15) is 44.9 Å². The number of rotatable bonds is 5. The van der Waals surface area contributed by atoms with Crippen molar-refractivity contribution < 1.29 is 22.7 Å². The van der Waals surface area contributed by atoms with Gasteiger partial charge in [0.1, 0.15) is 12.3 Å². The number of piperidine rings is 1. The first-order valence-corrected chi connectivity index (χ1v) is 11.8. The Morgan fingerprint density at radius 2 is 1.83 bits per heavy atom. The van der Waals surface area contributed by atoms with Gasteiger partial charge in [-0.05, 0) is 43.9 Å². The number of carbonyl (C=O) groups is 2. The predicted molar refractivity (Wildman–Crippen MR) is 107 cm³/mol. The maximum atomic E-state index is 13.0. The lowest BCUT2D eigenvalue weighted by Crippen LogP contribution is -2.47.